The molecular formula is C16H8F3NO2. The van der Waals surface area contributed by atoms with Gasteiger partial charge in [-0.15, -0.1) is 0 Å². The number of fused-ring (bicyclic) bond motifs is 1. The van der Waals surface area contributed by atoms with Gasteiger partial charge in [-0.1, -0.05) is 12.1 Å². The van der Waals surface area contributed by atoms with Crippen molar-refractivity contribution in [2.45, 2.75) is 0 Å². The number of carboxylic acids is 1. The van der Waals surface area contributed by atoms with E-state index in [1.165, 1.54) is 30.3 Å². The van der Waals surface area contributed by atoms with E-state index in [-0.39, 0.29) is 27.6 Å². The van der Waals surface area contributed by atoms with E-state index >= 15 is 0 Å². The quantitative estimate of drug-likeness (QED) is 0.778. The largest absolute Gasteiger partial charge is 0.478 e. The van der Waals surface area contributed by atoms with Gasteiger partial charge in [0, 0.05) is 16.3 Å². The van der Waals surface area contributed by atoms with Gasteiger partial charge in [-0.3, -0.25) is 4.98 Å². The highest BCUT2D eigenvalue weighted by Gasteiger charge is 2.16. The molecule has 0 radical (unpaired) electrons. The first-order valence-electron chi connectivity index (χ1n) is 6.25. The molecule has 1 N–H and O–H groups in total. The molecule has 0 aliphatic carbocycles. The monoisotopic (exact) mass is 303 g/mol. The van der Waals surface area contributed by atoms with Crippen molar-refractivity contribution in [3.05, 3.63) is 65.6 Å². The Labute approximate surface area is 122 Å². The van der Waals surface area contributed by atoms with Crippen LogP contribution in [-0.2, 0) is 0 Å². The van der Waals surface area contributed by atoms with Crippen LogP contribution in [0.5, 0.6) is 0 Å². The van der Waals surface area contributed by atoms with Crippen LogP contribution < -0.4 is 0 Å². The minimum Gasteiger partial charge on any atom is -0.478 e. The second-order valence-corrected chi connectivity index (χ2v) is 4.62. The van der Waals surface area contributed by atoms with E-state index in [1.807, 2.05) is 0 Å². The van der Waals surface area contributed by atoms with E-state index in [0.29, 0.717) is 0 Å². The minimum absolute atomic E-state index is 0.0171. The summed E-state index contributed by atoms with van der Waals surface area (Å²) in [6.07, 6.45) is 0.891. The first-order valence-corrected chi connectivity index (χ1v) is 6.25. The van der Waals surface area contributed by atoms with Crippen LogP contribution in [0.4, 0.5) is 13.2 Å². The molecule has 6 heteroatoms. The zero-order valence-corrected chi connectivity index (χ0v) is 11.0. The molecule has 0 saturated heterocycles. The molecule has 0 atom stereocenters. The maximum absolute atomic E-state index is 13.9. The number of rotatable bonds is 2. The summed E-state index contributed by atoms with van der Waals surface area (Å²) in [5.74, 6) is -4.07. The van der Waals surface area contributed by atoms with Gasteiger partial charge >= 0.3 is 5.97 Å². The molecule has 0 bridgehead atoms. The Balaban J connectivity index is 2.38. The molecule has 1 heterocycles. The third-order valence-electron chi connectivity index (χ3n) is 3.29. The maximum atomic E-state index is 13.9. The number of halogens is 3. The number of carbonyl (C=O) groups is 1. The highest BCUT2D eigenvalue weighted by atomic mass is 19.2. The molecule has 3 aromatic rings. The Hall–Kier alpha value is -2.89. The van der Waals surface area contributed by atoms with Crippen molar-refractivity contribution >= 4 is 16.7 Å². The first-order chi connectivity index (χ1) is 10.5. The summed E-state index contributed by atoms with van der Waals surface area (Å²) in [5.41, 5.74) is -0.276. The van der Waals surface area contributed by atoms with Gasteiger partial charge in [0.1, 0.15) is 5.82 Å². The van der Waals surface area contributed by atoms with Crippen molar-refractivity contribution in [3.63, 3.8) is 0 Å². The van der Waals surface area contributed by atoms with E-state index in [9.17, 15) is 18.0 Å². The molecule has 3 rings (SSSR count). The Bertz CT molecular complexity index is 909. The fourth-order valence-corrected chi connectivity index (χ4v) is 2.24. The standard InChI is InChI=1S/C16H8F3NO2/c17-12-3-1-2-10(14(12)19)15-11-6-8(16(21)22)4-5-9(11)13(18)7-20-15/h1-7H,(H,21,22). The van der Waals surface area contributed by atoms with Crippen molar-refractivity contribution < 1.29 is 23.1 Å². The molecule has 0 saturated carbocycles. The van der Waals surface area contributed by atoms with Gasteiger partial charge in [-0.05, 0) is 24.3 Å². The summed E-state index contributed by atoms with van der Waals surface area (Å²) in [6, 6.07) is 7.24. The summed E-state index contributed by atoms with van der Waals surface area (Å²) in [5, 5.41) is 9.21. The molecule has 110 valence electrons. The van der Waals surface area contributed by atoms with Crippen molar-refractivity contribution in [3.8, 4) is 11.3 Å². The van der Waals surface area contributed by atoms with Crippen LogP contribution in [0, 0.1) is 17.5 Å². The molecule has 0 aliphatic heterocycles. The van der Waals surface area contributed by atoms with Crippen LogP contribution >= 0.6 is 0 Å². The number of hydrogen-bond acceptors (Lipinski definition) is 2. The summed E-state index contributed by atoms with van der Waals surface area (Å²) < 4.78 is 41.1. The number of pyridine rings is 1. The smallest absolute Gasteiger partial charge is 0.335 e. The van der Waals surface area contributed by atoms with Gasteiger partial charge in [0.25, 0.3) is 0 Å². The summed E-state index contributed by atoms with van der Waals surface area (Å²) >= 11 is 0. The lowest BCUT2D eigenvalue weighted by Gasteiger charge is -2.09. The van der Waals surface area contributed by atoms with Gasteiger partial charge in [0.05, 0.1) is 17.5 Å². The SMILES string of the molecule is O=C(O)c1ccc2c(F)cnc(-c3cccc(F)c3F)c2c1. The lowest BCUT2D eigenvalue weighted by molar-refractivity contribution is 0.0697. The van der Waals surface area contributed by atoms with Gasteiger partial charge < -0.3 is 5.11 Å². The lowest BCUT2D eigenvalue weighted by Crippen LogP contribution is -1.99. The molecular weight excluding hydrogens is 295 g/mol. The third-order valence-corrected chi connectivity index (χ3v) is 3.29. The fourth-order valence-electron chi connectivity index (χ4n) is 2.24. The topological polar surface area (TPSA) is 50.2 Å². The Morgan fingerprint density at radius 3 is 2.50 bits per heavy atom. The maximum Gasteiger partial charge on any atom is 0.335 e. The molecule has 0 unspecified atom stereocenters. The summed E-state index contributed by atoms with van der Waals surface area (Å²) in [4.78, 5) is 14.9. The molecule has 3 nitrogen and oxygen atoms in total. The molecule has 1 aromatic heterocycles. The van der Waals surface area contributed by atoms with Crippen LogP contribution in [0.15, 0.2) is 42.6 Å². The lowest BCUT2D eigenvalue weighted by atomic mass is 10.0. The van der Waals surface area contributed by atoms with Crippen LogP contribution in [-0.4, -0.2) is 16.1 Å². The molecule has 22 heavy (non-hydrogen) atoms. The van der Waals surface area contributed by atoms with Gasteiger partial charge in [-0.25, -0.2) is 18.0 Å². The predicted octanol–water partition coefficient (Wildman–Crippen LogP) is 4.02. The van der Waals surface area contributed by atoms with Crippen molar-refractivity contribution in [1.82, 2.24) is 4.98 Å². The number of carboxylic acid groups (broad SMARTS) is 1. The Kier molecular flexibility index (Phi) is 3.29. The molecule has 0 aliphatic rings. The minimum atomic E-state index is -1.21. The average molecular weight is 303 g/mol. The zero-order chi connectivity index (χ0) is 15.9. The van der Waals surface area contributed by atoms with E-state index < -0.39 is 23.4 Å². The average Bonchev–Trinajstić information content (AvgIpc) is 2.50. The second-order valence-electron chi connectivity index (χ2n) is 4.62. The second kappa shape index (κ2) is 5.14. The Morgan fingerprint density at radius 1 is 1.00 bits per heavy atom. The number of aromatic carboxylic acids is 1. The first kappa shape index (κ1) is 14.1. The van der Waals surface area contributed by atoms with Crippen LogP contribution in [0.1, 0.15) is 10.4 Å². The van der Waals surface area contributed by atoms with Crippen LogP contribution in [0.3, 0.4) is 0 Å². The molecule has 2 aromatic carbocycles. The summed E-state index contributed by atoms with van der Waals surface area (Å²) in [6.45, 7) is 0. The van der Waals surface area contributed by atoms with E-state index in [0.717, 1.165) is 12.3 Å². The van der Waals surface area contributed by atoms with Crippen molar-refractivity contribution in [1.29, 1.82) is 0 Å². The van der Waals surface area contributed by atoms with Crippen LogP contribution in [0.2, 0.25) is 0 Å². The normalized spacial score (nSPS) is 10.9. The molecule has 0 fully saturated rings. The van der Waals surface area contributed by atoms with Gasteiger partial charge in [-0.2, -0.15) is 0 Å². The van der Waals surface area contributed by atoms with E-state index in [4.69, 9.17) is 5.11 Å². The third kappa shape index (κ3) is 2.18. The number of aromatic nitrogens is 1. The van der Waals surface area contributed by atoms with Gasteiger partial charge in [0.15, 0.2) is 11.6 Å². The summed E-state index contributed by atoms with van der Waals surface area (Å²) in [7, 11) is 0. The Morgan fingerprint density at radius 2 is 1.77 bits per heavy atom. The molecule has 0 spiro atoms. The van der Waals surface area contributed by atoms with Crippen molar-refractivity contribution in [2.75, 3.05) is 0 Å². The zero-order valence-electron chi connectivity index (χ0n) is 11.0. The van der Waals surface area contributed by atoms with Crippen molar-refractivity contribution in [2.24, 2.45) is 0 Å². The highest BCUT2D eigenvalue weighted by molar-refractivity contribution is 6.00. The highest BCUT2D eigenvalue weighted by Crippen LogP contribution is 2.31. The van der Waals surface area contributed by atoms with Gasteiger partial charge in [0.2, 0.25) is 0 Å². The van der Waals surface area contributed by atoms with E-state index in [1.54, 1.807) is 0 Å². The predicted molar refractivity (Wildman–Crippen MR) is 74.0 cm³/mol. The van der Waals surface area contributed by atoms with Crippen LogP contribution in [0.25, 0.3) is 22.0 Å². The number of nitrogens with zero attached hydrogens (tertiary/aromatic N) is 1. The number of benzene rings is 2. The fraction of sp³-hybridized carbons (Fsp3) is 0. The molecule has 0 amide bonds. The number of hydrogen-bond donors (Lipinski definition) is 1. The van der Waals surface area contributed by atoms with E-state index in [2.05, 4.69) is 4.98 Å².